The van der Waals surface area contributed by atoms with E-state index in [-0.39, 0.29) is 4.83 Å². The predicted octanol–water partition coefficient (Wildman–Crippen LogP) is 4.57. The Morgan fingerprint density at radius 1 is 1.20 bits per heavy atom. The number of alkyl halides is 1. The molecule has 1 aromatic heterocycles. The molecule has 0 saturated heterocycles. The van der Waals surface area contributed by atoms with Crippen molar-refractivity contribution in [1.82, 2.24) is 4.98 Å². The highest BCUT2D eigenvalue weighted by atomic mass is 79.9. The maximum absolute atomic E-state index is 11.2. The van der Waals surface area contributed by atoms with Crippen LogP contribution in [0.3, 0.4) is 0 Å². The Bertz CT molecular complexity index is 817. The molecule has 1 atom stereocenters. The van der Waals surface area contributed by atoms with Crippen LogP contribution in [0.15, 0.2) is 45.6 Å². The Hall–Kier alpha value is -1.52. The van der Waals surface area contributed by atoms with Crippen molar-refractivity contribution in [2.45, 2.75) is 11.8 Å². The van der Waals surface area contributed by atoms with Crippen LogP contribution in [0.25, 0.3) is 11.1 Å². The van der Waals surface area contributed by atoms with E-state index in [1.807, 2.05) is 37.3 Å². The molecule has 2 aromatic carbocycles. The number of hydrogen-bond donors (Lipinski definition) is 1. The van der Waals surface area contributed by atoms with Crippen molar-refractivity contribution < 1.29 is 4.42 Å². The van der Waals surface area contributed by atoms with E-state index in [0.717, 1.165) is 16.7 Å². The van der Waals surface area contributed by atoms with Gasteiger partial charge < -0.3 is 4.42 Å². The van der Waals surface area contributed by atoms with Gasteiger partial charge >= 0.3 is 5.76 Å². The van der Waals surface area contributed by atoms with Crippen LogP contribution in [0, 0.1) is 6.92 Å². The molecule has 5 heteroatoms. The number of aryl methyl sites for hydroxylation is 1. The molecule has 0 aliphatic heterocycles. The van der Waals surface area contributed by atoms with E-state index in [0.29, 0.717) is 16.1 Å². The highest BCUT2D eigenvalue weighted by Gasteiger charge is 2.13. The number of halogens is 2. The van der Waals surface area contributed by atoms with Gasteiger partial charge in [0, 0.05) is 5.02 Å². The third-order valence-corrected chi connectivity index (χ3v) is 4.37. The van der Waals surface area contributed by atoms with Crippen molar-refractivity contribution in [3.63, 3.8) is 0 Å². The number of benzene rings is 2. The zero-order chi connectivity index (χ0) is 14.3. The van der Waals surface area contributed by atoms with Gasteiger partial charge in [-0.2, -0.15) is 0 Å². The fourth-order valence-corrected chi connectivity index (χ4v) is 3.07. The number of aromatic nitrogens is 1. The summed E-state index contributed by atoms with van der Waals surface area (Å²) in [6, 6.07) is 11.5. The summed E-state index contributed by atoms with van der Waals surface area (Å²) < 4.78 is 5.08. The summed E-state index contributed by atoms with van der Waals surface area (Å²) >= 11 is 9.76. The molecule has 1 unspecified atom stereocenters. The fraction of sp³-hybridized carbons (Fsp3) is 0.133. The van der Waals surface area contributed by atoms with E-state index < -0.39 is 5.76 Å². The lowest BCUT2D eigenvalue weighted by molar-refractivity contribution is 0.555. The Balaban J connectivity index is 2.06. The third kappa shape index (κ3) is 2.53. The molecule has 0 spiro atoms. The van der Waals surface area contributed by atoms with Gasteiger partial charge in [-0.1, -0.05) is 39.7 Å². The monoisotopic (exact) mass is 351 g/mol. The standard InChI is InChI=1S/C15H11BrClNO2/c1-8-4-10(6-11(17)5-8)14(16)9-2-3-12-13(7-9)20-15(19)18-12/h2-7,14H,1H3,(H,18,19). The molecule has 0 amide bonds. The van der Waals surface area contributed by atoms with Gasteiger partial charge in [0.25, 0.3) is 0 Å². The molecule has 3 rings (SSSR count). The lowest BCUT2D eigenvalue weighted by Crippen LogP contribution is -1.93. The van der Waals surface area contributed by atoms with Crippen molar-refractivity contribution in [2.75, 3.05) is 0 Å². The lowest BCUT2D eigenvalue weighted by Gasteiger charge is -2.12. The van der Waals surface area contributed by atoms with Crippen LogP contribution in [-0.4, -0.2) is 4.98 Å². The fourth-order valence-electron chi connectivity index (χ4n) is 2.22. The van der Waals surface area contributed by atoms with Crippen molar-refractivity contribution in [3.8, 4) is 0 Å². The highest BCUT2D eigenvalue weighted by molar-refractivity contribution is 9.09. The molecule has 0 saturated carbocycles. The molecular weight excluding hydrogens is 342 g/mol. The van der Waals surface area contributed by atoms with Crippen molar-refractivity contribution in [1.29, 1.82) is 0 Å². The average molecular weight is 353 g/mol. The van der Waals surface area contributed by atoms with Gasteiger partial charge in [0.1, 0.15) is 0 Å². The van der Waals surface area contributed by atoms with Gasteiger partial charge in [0.2, 0.25) is 0 Å². The summed E-state index contributed by atoms with van der Waals surface area (Å²) in [5.41, 5.74) is 4.41. The van der Waals surface area contributed by atoms with Crippen LogP contribution in [-0.2, 0) is 0 Å². The van der Waals surface area contributed by atoms with Gasteiger partial charge in [-0.25, -0.2) is 4.79 Å². The number of aromatic amines is 1. The van der Waals surface area contributed by atoms with Crippen molar-refractivity contribution >= 4 is 38.6 Å². The minimum Gasteiger partial charge on any atom is -0.408 e. The largest absolute Gasteiger partial charge is 0.417 e. The maximum Gasteiger partial charge on any atom is 0.417 e. The normalized spacial score (nSPS) is 12.8. The number of nitrogens with one attached hydrogen (secondary N) is 1. The van der Waals surface area contributed by atoms with Crippen molar-refractivity contribution in [3.05, 3.63) is 68.7 Å². The zero-order valence-corrected chi connectivity index (χ0v) is 13.0. The van der Waals surface area contributed by atoms with Crippen LogP contribution in [0.4, 0.5) is 0 Å². The number of H-pyrrole nitrogens is 1. The molecule has 1 heterocycles. The quantitative estimate of drug-likeness (QED) is 0.687. The number of rotatable bonds is 2. The number of oxazole rings is 1. The average Bonchev–Trinajstić information content (AvgIpc) is 2.75. The second-order valence-electron chi connectivity index (χ2n) is 4.69. The lowest BCUT2D eigenvalue weighted by atomic mass is 10.0. The molecule has 1 N–H and O–H groups in total. The van der Waals surface area contributed by atoms with Gasteiger partial charge in [-0.15, -0.1) is 0 Å². The third-order valence-electron chi connectivity index (χ3n) is 3.09. The Morgan fingerprint density at radius 3 is 2.75 bits per heavy atom. The van der Waals surface area contributed by atoms with Crippen LogP contribution < -0.4 is 5.76 Å². The van der Waals surface area contributed by atoms with Gasteiger partial charge in [-0.3, -0.25) is 4.98 Å². The highest BCUT2D eigenvalue weighted by Crippen LogP contribution is 2.33. The van der Waals surface area contributed by atoms with E-state index in [4.69, 9.17) is 16.0 Å². The van der Waals surface area contributed by atoms with E-state index >= 15 is 0 Å². The Kier molecular flexibility index (Phi) is 3.44. The smallest absolute Gasteiger partial charge is 0.408 e. The molecule has 3 aromatic rings. The van der Waals surface area contributed by atoms with E-state index in [1.165, 1.54) is 0 Å². The van der Waals surface area contributed by atoms with E-state index in [1.54, 1.807) is 0 Å². The Morgan fingerprint density at radius 2 is 2.00 bits per heavy atom. The van der Waals surface area contributed by atoms with Crippen LogP contribution in [0.2, 0.25) is 5.02 Å². The number of hydrogen-bond acceptors (Lipinski definition) is 2. The minimum atomic E-state index is -0.443. The SMILES string of the molecule is Cc1cc(Cl)cc(C(Br)c2ccc3[nH]c(=O)oc3c2)c1. The topological polar surface area (TPSA) is 46.0 Å². The first-order chi connectivity index (χ1) is 9.52. The summed E-state index contributed by atoms with van der Waals surface area (Å²) in [4.78, 5) is 13.8. The van der Waals surface area contributed by atoms with Crippen LogP contribution in [0.5, 0.6) is 0 Å². The molecule has 20 heavy (non-hydrogen) atoms. The first-order valence-electron chi connectivity index (χ1n) is 6.07. The van der Waals surface area contributed by atoms with Crippen molar-refractivity contribution in [2.24, 2.45) is 0 Å². The van der Waals surface area contributed by atoms with Gasteiger partial charge in [-0.05, 0) is 47.9 Å². The van der Waals surface area contributed by atoms with E-state index in [2.05, 4.69) is 27.0 Å². The van der Waals surface area contributed by atoms with Gasteiger partial charge in [0.05, 0.1) is 10.3 Å². The molecule has 0 aliphatic carbocycles. The summed E-state index contributed by atoms with van der Waals surface area (Å²) in [7, 11) is 0. The van der Waals surface area contributed by atoms with Crippen LogP contribution >= 0.6 is 27.5 Å². The Labute approximate surface area is 128 Å². The zero-order valence-electron chi connectivity index (χ0n) is 10.6. The minimum absolute atomic E-state index is 0.00972. The second kappa shape index (κ2) is 5.11. The molecular formula is C15H11BrClNO2. The van der Waals surface area contributed by atoms with E-state index in [9.17, 15) is 4.79 Å². The first-order valence-corrected chi connectivity index (χ1v) is 7.36. The van der Waals surface area contributed by atoms with Crippen LogP contribution in [0.1, 0.15) is 21.5 Å². The summed E-state index contributed by atoms with van der Waals surface area (Å²) in [5.74, 6) is -0.443. The summed E-state index contributed by atoms with van der Waals surface area (Å²) in [6.45, 7) is 2.00. The predicted molar refractivity (Wildman–Crippen MR) is 83.8 cm³/mol. The first kappa shape index (κ1) is 13.5. The summed E-state index contributed by atoms with van der Waals surface area (Å²) in [6.07, 6.45) is 0. The molecule has 0 bridgehead atoms. The number of fused-ring (bicyclic) bond motifs is 1. The summed E-state index contributed by atoms with van der Waals surface area (Å²) in [5, 5.41) is 0.707. The molecule has 0 radical (unpaired) electrons. The van der Waals surface area contributed by atoms with Gasteiger partial charge in [0.15, 0.2) is 5.58 Å². The maximum atomic E-state index is 11.2. The molecule has 3 nitrogen and oxygen atoms in total. The molecule has 0 aliphatic rings. The molecule has 0 fully saturated rings. The second-order valence-corrected chi connectivity index (χ2v) is 6.05. The molecule has 102 valence electrons.